The molecule has 44 heavy (non-hydrogen) atoms. The van der Waals surface area contributed by atoms with E-state index < -0.39 is 6.04 Å². The second-order valence-corrected chi connectivity index (χ2v) is 11.5. The molecule has 7 nitrogen and oxygen atoms in total. The predicted octanol–water partition coefficient (Wildman–Crippen LogP) is 5.98. The maximum atomic E-state index is 13.9. The number of carbonyl (C=O) groups excluding carboxylic acids is 1. The second-order valence-electron chi connectivity index (χ2n) is 10.1. The van der Waals surface area contributed by atoms with Crippen molar-refractivity contribution in [1.29, 1.82) is 5.26 Å². The van der Waals surface area contributed by atoms with E-state index >= 15 is 0 Å². The van der Waals surface area contributed by atoms with E-state index in [0.717, 1.165) is 16.7 Å². The first kappa shape index (κ1) is 28.9. The molecule has 0 aliphatic carbocycles. The molecule has 0 saturated heterocycles. The predicted molar refractivity (Wildman–Crippen MR) is 172 cm³/mol. The van der Waals surface area contributed by atoms with E-state index in [0.29, 0.717) is 42.6 Å². The van der Waals surface area contributed by atoms with Gasteiger partial charge in [0.25, 0.3) is 11.5 Å². The van der Waals surface area contributed by atoms with Gasteiger partial charge in [0.2, 0.25) is 0 Å². The number of amides is 1. The summed E-state index contributed by atoms with van der Waals surface area (Å²) in [6.45, 7) is 2.06. The van der Waals surface area contributed by atoms with E-state index in [1.807, 2.05) is 84.9 Å². The van der Waals surface area contributed by atoms with Crippen molar-refractivity contribution in [3.8, 4) is 11.8 Å². The number of rotatable bonds is 7. The maximum Gasteiger partial charge on any atom is 0.271 e. The van der Waals surface area contributed by atoms with Crippen LogP contribution in [0.1, 0.15) is 35.2 Å². The molecule has 4 aromatic carbocycles. The Kier molecular flexibility index (Phi) is 8.24. The molecule has 1 aliphatic rings. The monoisotopic (exact) mass is 616 g/mol. The Labute approximate surface area is 262 Å². The van der Waals surface area contributed by atoms with Gasteiger partial charge in [-0.15, -0.1) is 0 Å². The summed E-state index contributed by atoms with van der Waals surface area (Å²) in [5.41, 5.74) is 4.25. The summed E-state index contributed by atoms with van der Waals surface area (Å²) in [4.78, 5) is 32.8. The fourth-order valence-corrected chi connectivity index (χ4v) is 6.19. The lowest BCUT2D eigenvalue weighted by Crippen LogP contribution is -2.40. The van der Waals surface area contributed by atoms with Crippen molar-refractivity contribution >= 4 is 40.6 Å². The van der Waals surface area contributed by atoms with Crippen LogP contribution in [0.5, 0.6) is 5.75 Å². The molecule has 1 aromatic heterocycles. The highest BCUT2D eigenvalue weighted by Gasteiger charge is 2.32. The van der Waals surface area contributed by atoms with Gasteiger partial charge < -0.3 is 10.1 Å². The van der Waals surface area contributed by atoms with Gasteiger partial charge in [0, 0.05) is 16.3 Å². The number of para-hydroxylation sites is 1. The number of thiazole rings is 1. The lowest BCUT2D eigenvalue weighted by molar-refractivity contribution is -0.113. The van der Waals surface area contributed by atoms with Crippen LogP contribution in [0, 0.1) is 11.3 Å². The molecule has 0 saturated carbocycles. The van der Waals surface area contributed by atoms with Crippen molar-refractivity contribution in [2.24, 2.45) is 4.99 Å². The van der Waals surface area contributed by atoms with Crippen LogP contribution in [0.15, 0.2) is 124 Å². The van der Waals surface area contributed by atoms with Crippen LogP contribution in [-0.4, -0.2) is 10.5 Å². The first-order valence-corrected chi connectivity index (χ1v) is 15.0. The standard InChI is InChI=1S/C35H25ClN4O3S/c1-22-31(33(41)39-28-9-3-2-4-10-28)32(24-13-15-27(36)16-14-24)40-34(42)30(44-35(40)38-22)19-23-11-17-29(18-12-23)43-21-26-8-6-5-7-25(26)20-37/h2-19,32H,21H2,1H3,(H,39,41)/b30-19+/t32-/m0/s1. The number of allylic oxidation sites excluding steroid dienone is 1. The summed E-state index contributed by atoms with van der Waals surface area (Å²) >= 11 is 7.45. The Morgan fingerprint density at radius 2 is 1.73 bits per heavy atom. The number of nitrogens with zero attached hydrogens (tertiary/aromatic N) is 3. The highest BCUT2D eigenvalue weighted by atomic mass is 35.5. The van der Waals surface area contributed by atoms with Crippen LogP contribution < -0.4 is 24.9 Å². The van der Waals surface area contributed by atoms with Crippen molar-refractivity contribution < 1.29 is 9.53 Å². The van der Waals surface area contributed by atoms with Crippen molar-refractivity contribution in [2.75, 3.05) is 5.32 Å². The van der Waals surface area contributed by atoms with E-state index in [4.69, 9.17) is 21.3 Å². The molecule has 9 heteroatoms. The molecular formula is C35H25ClN4O3S. The summed E-state index contributed by atoms with van der Waals surface area (Å²) < 4.78 is 7.96. The number of anilines is 1. The number of aromatic nitrogens is 1. The van der Waals surface area contributed by atoms with Gasteiger partial charge in [-0.3, -0.25) is 14.2 Å². The quantitative estimate of drug-likeness (QED) is 0.243. The maximum absolute atomic E-state index is 13.9. The molecule has 2 heterocycles. The molecule has 1 aliphatic heterocycles. The molecule has 5 aromatic rings. The highest BCUT2D eigenvalue weighted by Crippen LogP contribution is 2.31. The van der Waals surface area contributed by atoms with Crippen molar-refractivity contribution in [3.05, 3.63) is 161 Å². The van der Waals surface area contributed by atoms with Crippen LogP contribution in [0.25, 0.3) is 6.08 Å². The average Bonchev–Trinajstić information content (AvgIpc) is 3.34. The van der Waals surface area contributed by atoms with Crippen molar-refractivity contribution in [2.45, 2.75) is 19.6 Å². The van der Waals surface area contributed by atoms with Crippen LogP contribution in [0.2, 0.25) is 5.02 Å². The fraction of sp³-hybridized carbons (Fsp3) is 0.0857. The Balaban J connectivity index is 1.33. The van der Waals surface area contributed by atoms with Crippen LogP contribution in [0.4, 0.5) is 5.69 Å². The minimum Gasteiger partial charge on any atom is -0.489 e. The minimum atomic E-state index is -0.693. The van der Waals surface area contributed by atoms with Crippen LogP contribution in [-0.2, 0) is 11.4 Å². The van der Waals surface area contributed by atoms with E-state index in [-0.39, 0.29) is 18.1 Å². The normalized spacial score (nSPS) is 14.4. The number of halogens is 1. The molecule has 0 radical (unpaired) electrons. The summed E-state index contributed by atoms with van der Waals surface area (Å²) in [5.74, 6) is 0.309. The Bertz CT molecular complexity index is 2110. The smallest absolute Gasteiger partial charge is 0.271 e. The Morgan fingerprint density at radius 3 is 2.45 bits per heavy atom. The molecule has 0 unspecified atom stereocenters. The third-order valence-electron chi connectivity index (χ3n) is 7.19. The molecule has 1 amide bonds. The van der Waals surface area contributed by atoms with Gasteiger partial charge in [-0.05, 0) is 66.6 Å². The lowest BCUT2D eigenvalue weighted by Gasteiger charge is -2.25. The number of hydrogen-bond donors (Lipinski definition) is 1. The van der Waals surface area contributed by atoms with Gasteiger partial charge in [-0.1, -0.05) is 83.6 Å². The number of nitrogens with one attached hydrogen (secondary N) is 1. The topological polar surface area (TPSA) is 96.5 Å². The zero-order valence-corrected chi connectivity index (χ0v) is 25.1. The largest absolute Gasteiger partial charge is 0.489 e. The van der Waals surface area contributed by atoms with Gasteiger partial charge in [-0.2, -0.15) is 5.26 Å². The Hall–Kier alpha value is -5.23. The van der Waals surface area contributed by atoms with Gasteiger partial charge in [0.15, 0.2) is 4.80 Å². The van der Waals surface area contributed by atoms with Crippen LogP contribution in [0.3, 0.4) is 0 Å². The zero-order valence-electron chi connectivity index (χ0n) is 23.5. The Morgan fingerprint density at radius 1 is 1.02 bits per heavy atom. The minimum absolute atomic E-state index is 0.250. The summed E-state index contributed by atoms with van der Waals surface area (Å²) in [6, 6.07) is 32.5. The lowest BCUT2D eigenvalue weighted by atomic mass is 9.95. The number of fused-ring (bicyclic) bond motifs is 1. The molecular weight excluding hydrogens is 592 g/mol. The number of benzene rings is 4. The average molecular weight is 617 g/mol. The van der Waals surface area contributed by atoms with E-state index in [9.17, 15) is 14.9 Å². The molecule has 0 fully saturated rings. The first-order valence-electron chi connectivity index (χ1n) is 13.8. The molecule has 0 bridgehead atoms. The van der Waals surface area contributed by atoms with Crippen molar-refractivity contribution in [1.82, 2.24) is 4.57 Å². The zero-order chi connectivity index (χ0) is 30.6. The molecule has 0 spiro atoms. The number of nitriles is 1. The van der Waals surface area contributed by atoms with Crippen molar-refractivity contribution in [3.63, 3.8) is 0 Å². The summed E-state index contributed by atoms with van der Waals surface area (Å²) in [6.07, 6.45) is 1.81. The van der Waals surface area contributed by atoms with E-state index in [1.165, 1.54) is 11.3 Å². The molecule has 216 valence electrons. The third-order valence-corrected chi connectivity index (χ3v) is 8.43. The van der Waals surface area contributed by atoms with Gasteiger partial charge >= 0.3 is 0 Å². The molecule has 6 rings (SSSR count). The van der Waals surface area contributed by atoms with Gasteiger partial charge in [0.1, 0.15) is 12.4 Å². The second kappa shape index (κ2) is 12.6. The SMILES string of the molecule is CC1=C(C(=O)Nc2ccccc2)[C@H](c2ccc(Cl)cc2)n2c(s/c(=C/c3ccc(OCc4ccccc4C#N)cc3)c2=O)=N1. The number of carbonyl (C=O) groups is 1. The molecule has 1 atom stereocenters. The van der Waals surface area contributed by atoms with Crippen LogP contribution >= 0.6 is 22.9 Å². The number of ether oxygens (including phenoxy) is 1. The molecule has 1 N–H and O–H groups in total. The van der Waals surface area contributed by atoms with Gasteiger partial charge in [0.05, 0.1) is 33.5 Å². The highest BCUT2D eigenvalue weighted by molar-refractivity contribution is 7.07. The van der Waals surface area contributed by atoms with E-state index in [1.54, 1.807) is 35.8 Å². The fourth-order valence-electron chi connectivity index (χ4n) is 5.02. The van der Waals surface area contributed by atoms with Gasteiger partial charge in [-0.25, -0.2) is 4.99 Å². The summed E-state index contributed by atoms with van der Waals surface area (Å²) in [5, 5.41) is 12.8. The summed E-state index contributed by atoms with van der Waals surface area (Å²) in [7, 11) is 0. The third kappa shape index (κ3) is 5.97. The number of hydrogen-bond acceptors (Lipinski definition) is 6. The van der Waals surface area contributed by atoms with E-state index in [2.05, 4.69) is 11.4 Å². The first-order chi connectivity index (χ1) is 21.4.